The van der Waals surface area contributed by atoms with Gasteiger partial charge < -0.3 is 25.0 Å². The lowest BCUT2D eigenvalue weighted by Crippen LogP contribution is -2.64. The van der Waals surface area contributed by atoms with Crippen molar-refractivity contribution in [2.45, 2.75) is 19.5 Å². The Balaban J connectivity index is 1.49. The Morgan fingerprint density at radius 3 is 2.73 bits per heavy atom. The smallest absolute Gasteiger partial charge is 0.306 e. The molecule has 1 aliphatic rings. The molecule has 0 spiro atoms. The molecule has 0 radical (unpaired) electrons. The number of nitrogens with one attached hydrogen (secondary N) is 3. The highest BCUT2D eigenvalue weighted by molar-refractivity contribution is 6.00. The lowest BCUT2D eigenvalue weighted by Gasteiger charge is -2.39. The maximum Gasteiger partial charge on any atom is 0.306 e. The molecule has 1 unspecified atom stereocenters. The number of aliphatic hydroxyl groups excluding tert-OH is 1. The number of ether oxygens (including phenoxy) is 1. The number of imidazole rings is 1. The van der Waals surface area contributed by atoms with Gasteiger partial charge in [0, 0.05) is 18.3 Å². The van der Waals surface area contributed by atoms with Crippen molar-refractivity contribution >= 4 is 28.4 Å². The molecule has 0 saturated heterocycles. The lowest BCUT2D eigenvalue weighted by molar-refractivity contribution is -0.0192. The molecule has 33 heavy (non-hydrogen) atoms. The number of amides is 1. The SMILES string of the molecule is CCOC1(Nc2ccccc2)NC(=O)c2nc(-c3ccc4nc(CO)n(C)c4c3)cnc2N1. The Morgan fingerprint density at radius 2 is 1.97 bits per heavy atom. The monoisotopic (exact) mass is 445 g/mol. The zero-order valence-corrected chi connectivity index (χ0v) is 18.2. The lowest BCUT2D eigenvalue weighted by atomic mass is 10.1. The summed E-state index contributed by atoms with van der Waals surface area (Å²) in [5, 5.41) is 18.6. The molecular weight excluding hydrogens is 422 g/mol. The Bertz CT molecular complexity index is 1340. The normalized spacial score (nSPS) is 17.4. The second-order valence-electron chi connectivity index (χ2n) is 7.59. The highest BCUT2D eigenvalue weighted by Gasteiger charge is 2.40. The van der Waals surface area contributed by atoms with Crippen LogP contribution in [0.2, 0.25) is 0 Å². The highest BCUT2D eigenvalue weighted by atomic mass is 16.5. The zero-order valence-electron chi connectivity index (χ0n) is 18.2. The molecule has 1 amide bonds. The molecule has 3 heterocycles. The summed E-state index contributed by atoms with van der Waals surface area (Å²) in [4.78, 5) is 26.5. The van der Waals surface area contributed by atoms with Gasteiger partial charge in [0.2, 0.25) is 0 Å². The molecule has 0 saturated carbocycles. The van der Waals surface area contributed by atoms with Crippen LogP contribution in [0.25, 0.3) is 22.3 Å². The van der Waals surface area contributed by atoms with Crippen LogP contribution in [0.3, 0.4) is 0 Å². The molecule has 0 aliphatic carbocycles. The number of rotatable bonds is 6. The van der Waals surface area contributed by atoms with E-state index in [4.69, 9.17) is 4.74 Å². The topological polar surface area (TPSA) is 126 Å². The summed E-state index contributed by atoms with van der Waals surface area (Å²) < 4.78 is 7.66. The molecule has 0 bridgehead atoms. The highest BCUT2D eigenvalue weighted by Crippen LogP contribution is 2.28. The van der Waals surface area contributed by atoms with Gasteiger partial charge in [-0.3, -0.25) is 10.1 Å². The molecule has 168 valence electrons. The first-order chi connectivity index (χ1) is 16.0. The maximum absolute atomic E-state index is 13.0. The number of hydrogen-bond acceptors (Lipinski definition) is 8. The Labute approximate surface area is 189 Å². The van der Waals surface area contributed by atoms with Crippen LogP contribution in [0.15, 0.2) is 54.7 Å². The van der Waals surface area contributed by atoms with Crippen LogP contribution in [0.4, 0.5) is 11.5 Å². The molecular formula is C23H23N7O3. The van der Waals surface area contributed by atoms with Gasteiger partial charge in [-0.2, -0.15) is 0 Å². The number of aromatic nitrogens is 4. The summed E-state index contributed by atoms with van der Waals surface area (Å²) >= 11 is 0. The average Bonchev–Trinajstić information content (AvgIpc) is 3.15. The Morgan fingerprint density at radius 1 is 1.15 bits per heavy atom. The number of carbonyl (C=O) groups excluding carboxylic acids is 1. The molecule has 2 aromatic heterocycles. The van der Waals surface area contributed by atoms with E-state index in [1.165, 1.54) is 0 Å². The van der Waals surface area contributed by atoms with E-state index >= 15 is 0 Å². The summed E-state index contributed by atoms with van der Waals surface area (Å²) in [6.45, 7) is 2.03. The molecule has 2 aromatic carbocycles. The number of para-hydroxylation sites is 1. The van der Waals surface area contributed by atoms with E-state index < -0.39 is 11.9 Å². The van der Waals surface area contributed by atoms with Gasteiger partial charge in [-0.05, 0) is 31.2 Å². The van der Waals surface area contributed by atoms with Crippen molar-refractivity contribution in [1.82, 2.24) is 24.8 Å². The van der Waals surface area contributed by atoms with Crippen molar-refractivity contribution < 1.29 is 14.6 Å². The van der Waals surface area contributed by atoms with Gasteiger partial charge in [-0.25, -0.2) is 15.0 Å². The van der Waals surface area contributed by atoms with E-state index in [0.29, 0.717) is 23.9 Å². The van der Waals surface area contributed by atoms with Crippen molar-refractivity contribution in [2.24, 2.45) is 7.05 Å². The van der Waals surface area contributed by atoms with Gasteiger partial charge in [-0.15, -0.1) is 0 Å². The third-order valence-corrected chi connectivity index (χ3v) is 5.44. The molecule has 10 heteroatoms. The molecule has 0 fully saturated rings. The van der Waals surface area contributed by atoms with Crippen LogP contribution in [0, 0.1) is 0 Å². The number of carbonyl (C=O) groups is 1. The molecule has 1 atom stereocenters. The van der Waals surface area contributed by atoms with E-state index in [2.05, 4.69) is 30.9 Å². The summed E-state index contributed by atoms with van der Waals surface area (Å²) in [6.07, 6.45) is 1.61. The van der Waals surface area contributed by atoms with E-state index in [0.717, 1.165) is 22.3 Å². The van der Waals surface area contributed by atoms with Crippen LogP contribution in [0.1, 0.15) is 23.2 Å². The molecule has 10 nitrogen and oxygen atoms in total. The largest absolute Gasteiger partial charge is 0.388 e. The van der Waals surface area contributed by atoms with Gasteiger partial charge in [0.25, 0.3) is 5.91 Å². The third kappa shape index (κ3) is 3.75. The predicted molar refractivity (Wildman–Crippen MR) is 123 cm³/mol. The van der Waals surface area contributed by atoms with Crippen molar-refractivity contribution in [2.75, 3.05) is 17.2 Å². The van der Waals surface area contributed by atoms with Crippen LogP contribution in [0.5, 0.6) is 0 Å². The second-order valence-corrected chi connectivity index (χ2v) is 7.59. The number of aryl methyl sites for hydroxylation is 1. The minimum absolute atomic E-state index is 0.149. The summed E-state index contributed by atoms with van der Waals surface area (Å²) in [5.74, 6) is -0.895. The molecule has 4 N–H and O–H groups in total. The minimum atomic E-state index is -1.36. The van der Waals surface area contributed by atoms with Gasteiger partial charge in [-0.1, -0.05) is 24.3 Å². The van der Waals surface area contributed by atoms with Crippen LogP contribution < -0.4 is 16.0 Å². The fourth-order valence-electron chi connectivity index (χ4n) is 3.85. The number of benzene rings is 2. The number of fused-ring (bicyclic) bond motifs is 2. The van der Waals surface area contributed by atoms with Crippen LogP contribution in [-0.2, 0) is 18.4 Å². The number of nitrogens with zero attached hydrogens (tertiary/aromatic N) is 4. The summed E-state index contributed by atoms with van der Waals surface area (Å²) in [6, 6.07) is 15.0. The number of anilines is 2. The molecule has 1 aliphatic heterocycles. The van der Waals surface area contributed by atoms with Crippen LogP contribution in [-0.4, -0.2) is 43.1 Å². The first-order valence-electron chi connectivity index (χ1n) is 10.5. The molecule has 4 aromatic rings. The van der Waals surface area contributed by atoms with E-state index in [-0.39, 0.29) is 12.3 Å². The first kappa shape index (κ1) is 20.9. The third-order valence-electron chi connectivity index (χ3n) is 5.44. The predicted octanol–water partition coefficient (Wildman–Crippen LogP) is 2.44. The summed E-state index contributed by atoms with van der Waals surface area (Å²) in [7, 11) is 1.84. The standard InChI is InChI=1S/C23H23N7O3/c1-3-33-23(27-15-7-5-4-6-8-15)28-21-20(22(32)29-23)26-17(12-24-21)14-9-10-16-18(11-14)30(2)19(13-31)25-16/h4-12,27,31H,3,13H2,1-2H3,(H,24,28)(H,29,32). The Hall–Kier alpha value is -4.02. The fraction of sp³-hybridized carbons (Fsp3) is 0.217. The first-order valence-corrected chi connectivity index (χ1v) is 10.5. The summed E-state index contributed by atoms with van der Waals surface area (Å²) in [5.41, 5.74) is 3.86. The van der Waals surface area contributed by atoms with E-state index in [1.54, 1.807) is 6.20 Å². The zero-order chi connectivity index (χ0) is 23.0. The quantitative estimate of drug-likeness (QED) is 0.334. The van der Waals surface area contributed by atoms with E-state index in [1.807, 2.05) is 67.1 Å². The molecule has 5 rings (SSSR count). The van der Waals surface area contributed by atoms with Crippen molar-refractivity contribution in [3.8, 4) is 11.3 Å². The number of aliphatic hydroxyl groups is 1. The van der Waals surface area contributed by atoms with E-state index in [9.17, 15) is 9.90 Å². The van der Waals surface area contributed by atoms with Gasteiger partial charge in [0.05, 0.1) is 29.5 Å². The van der Waals surface area contributed by atoms with Crippen molar-refractivity contribution in [3.63, 3.8) is 0 Å². The minimum Gasteiger partial charge on any atom is -0.388 e. The van der Waals surface area contributed by atoms with Gasteiger partial charge in [0.1, 0.15) is 12.4 Å². The Kier molecular flexibility index (Phi) is 5.15. The maximum atomic E-state index is 13.0. The van der Waals surface area contributed by atoms with Gasteiger partial charge in [0.15, 0.2) is 11.5 Å². The number of hydrogen-bond donors (Lipinski definition) is 4. The average molecular weight is 445 g/mol. The van der Waals surface area contributed by atoms with Gasteiger partial charge >= 0.3 is 5.97 Å². The fourth-order valence-corrected chi connectivity index (χ4v) is 3.85. The van der Waals surface area contributed by atoms with Crippen molar-refractivity contribution in [3.05, 3.63) is 66.2 Å². The van der Waals surface area contributed by atoms with Crippen LogP contribution >= 0.6 is 0 Å². The second kappa shape index (κ2) is 8.15. The van der Waals surface area contributed by atoms with Crippen molar-refractivity contribution in [1.29, 1.82) is 0 Å².